The molecular weight excluding hydrogens is 236 g/mol. The average molecular weight is 243 g/mol. The van der Waals surface area contributed by atoms with E-state index in [0.29, 0.717) is 10.4 Å². The molecule has 4 nitrogen and oxygen atoms in total. The first-order valence-corrected chi connectivity index (χ1v) is 5.31. The van der Waals surface area contributed by atoms with Crippen molar-refractivity contribution in [3.8, 4) is 5.88 Å². The van der Waals surface area contributed by atoms with Crippen molar-refractivity contribution >= 4 is 39.3 Å². The lowest BCUT2D eigenvalue weighted by atomic mass is 10.3. The zero-order valence-electron chi connectivity index (χ0n) is 7.78. The number of ether oxygens (including phenoxy) is 1. The number of carbonyl (C=O) groups excluding carboxylic acids is 1. The van der Waals surface area contributed by atoms with Crippen LogP contribution < -0.4 is 10.1 Å². The summed E-state index contributed by atoms with van der Waals surface area (Å²) in [5.41, 5.74) is 0. The van der Waals surface area contributed by atoms with Gasteiger partial charge in [0.1, 0.15) is 0 Å². The van der Waals surface area contributed by atoms with Crippen LogP contribution in [0.5, 0.6) is 5.88 Å². The van der Waals surface area contributed by atoms with Gasteiger partial charge in [0.2, 0.25) is 5.88 Å². The molecule has 0 spiro atoms. The summed E-state index contributed by atoms with van der Waals surface area (Å²) in [7, 11) is 1.48. The molecule has 15 heavy (non-hydrogen) atoms. The summed E-state index contributed by atoms with van der Waals surface area (Å²) in [6.45, 7) is 0. The third-order valence-electron chi connectivity index (χ3n) is 1.81. The van der Waals surface area contributed by atoms with Crippen molar-refractivity contribution in [1.82, 2.24) is 9.69 Å². The van der Waals surface area contributed by atoms with Gasteiger partial charge in [-0.25, -0.2) is 4.79 Å². The van der Waals surface area contributed by atoms with E-state index in [1.54, 1.807) is 6.07 Å². The van der Waals surface area contributed by atoms with Crippen LogP contribution in [-0.2, 0) is 0 Å². The molecule has 2 rings (SSSR count). The highest BCUT2D eigenvalue weighted by Crippen LogP contribution is 2.34. The number of aromatic nitrogens is 1. The molecule has 0 atom stereocenters. The highest BCUT2D eigenvalue weighted by Gasteiger charge is 2.13. The second kappa shape index (κ2) is 4.04. The maximum absolute atomic E-state index is 11.0. The SMILES string of the molecule is CNC(=O)Oc1nsc2cccc(Cl)c12. The predicted octanol–water partition coefficient (Wildman–Crippen LogP) is 2.67. The lowest BCUT2D eigenvalue weighted by Crippen LogP contribution is -2.22. The van der Waals surface area contributed by atoms with E-state index < -0.39 is 6.09 Å². The van der Waals surface area contributed by atoms with Crippen molar-refractivity contribution in [1.29, 1.82) is 0 Å². The molecule has 78 valence electrons. The molecular formula is C9H7ClN2O2S. The number of amides is 1. The summed E-state index contributed by atoms with van der Waals surface area (Å²) in [6.07, 6.45) is -0.554. The molecule has 6 heteroatoms. The Hall–Kier alpha value is -1.33. The van der Waals surface area contributed by atoms with Gasteiger partial charge in [0, 0.05) is 7.05 Å². The van der Waals surface area contributed by atoms with Crippen LogP contribution in [0.2, 0.25) is 5.02 Å². The molecule has 0 bridgehead atoms. The third-order valence-corrected chi connectivity index (χ3v) is 2.92. The Morgan fingerprint density at radius 3 is 3.13 bits per heavy atom. The third kappa shape index (κ3) is 1.88. The molecule has 0 radical (unpaired) electrons. The summed E-state index contributed by atoms with van der Waals surface area (Å²) >= 11 is 7.23. The second-order valence-corrected chi connectivity index (χ2v) is 3.95. The number of nitrogens with one attached hydrogen (secondary N) is 1. The van der Waals surface area contributed by atoms with E-state index in [1.165, 1.54) is 18.6 Å². The monoisotopic (exact) mass is 242 g/mol. The van der Waals surface area contributed by atoms with Crippen molar-refractivity contribution in [2.75, 3.05) is 7.05 Å². The Kier molecular flexibility index (Phi) is 2.75. The van der Waals surface area contributed by atoms with E-state index in [9.17, 15) is 4.79 Å². The van der Waals surface area contributed by atoms with Crippen LogP contribution in [0.1, 0.15) is 0 Å². The van der Waals surface area contributed by atoms with Crippen LogP contribution in [-0.4, -0.2) is 17.5 Å². The Morgan fingerprint density at radius 1 is 1.60 bits per heavy atom. The predicted molar refractivity (Wildman–Crippen MR) is 59.7 cm³/mol. The Morgan fingerprint density at radius 2 is 2.40 bits per heavy atom. The number of benzene rings is 1. The van der Waals surface area contributed by atoms with E-state index in [2.05, 4.69) is 9.69 Å². The van der Waals surface area contributed by atoms with Crippen molar-refractivity contribution < 1.29 is 9.53 Å². The van der Waals surface area contributed by atoms with Gasteiger partial charge >= 0.3 is 6.09 Å². The first-order chi connectivity index (χ1) is 7.22. The standard InChI is InChI=1S/C9H7ClN2O2S/c1-11-9(13)14-8-7-5(10)3-2-4-6(7)15-12-8/h2-4H,1H3,(H,11,13). The molecule has 0 saturated carbocycles. The van der Waals surface area contributed by atoms with Crippen LogP contribution in [0.15, 0.2) is 18.2 Å². The van der Waals surface area contributed by atoms with Crippen LogP contribution >= 0.6 is 23.1 Å². The maximum atomic E-state index is 11.0. The zero-order valence-corrected chi connectivity index (χ0v) is 9.35. The quantitative estimate of drug-likeness (QED) is 0.837. The normalized spacial score (nSPS) is 10.3. The minimum Gasteiger partial charge on any atom is -0.390 e. The van der Waals surface area contributed by atoms with Crippen LogP contribution in [0.3, 0.4) is 0 Å². The fourth-order valence-electron chi connectivity index (χ4n) is 1.13. The molecule has 1 N–H and O–H groups in total. The van der Waals surface area contributed by atoms with Gasteiger partial charge in [-0.2, -0.15) is 4.37 Å². The van der Waals surface area contributed by atoms with Gasteiger partial charge in [-0.05, 0) is 23.7 Å². The molecule has 0 aliphatic rings. The molecule has 0 saturated heterocycles. The van der Waals surface area contributed by atoms with E-state index >= 15 is 0 Å². The van der Waals surface area contributed by atoms with Crippen molar-refractivity contribution in [2.24, 2.45) is 0 Å². The highest BCUT2D eigenvalue weighted by atomic mass is 35.5. The zero-order chi connectivity index (χ0) is 10.8. The van der Waals surface area contributed by atoms with Crippen molar-refractivity contribution in [3.05, 3.63) is 23.2 Å². The summed E-state index contributed by atoms with van der Waals surface area (Å²) < 4.78 is 9.87. The van der Waals surface area contributed by atoms with Crippen LogP contribution in [0.4, 0.5) is 4.79 Å². The first kappa shape index (κ1) is 10.2. The number of nitrogens with zero attached hydrogens (tertiary/aromatic N) is 1. The van der Waals surface area contributed by atoms with Crippen molar-refractivity contribution in [2.45, 2.75) is 0 Å². The van der Waals surface area contributed by atoms with E-state index in [-0.39, 0.29) is 5.88 Å². The van der Waals surface area contributed by atoms with Gasteiger partial charge in [-0.15, -0.1) is 0 Å². The van der Waals surface area contributed by atoms with Crippen molar-refractivity contribution in [3.63, 3.8) is 0 Å². The molecule has 0 fully saturated rings. The molecule has 1 amide bonds. The Bertz CT molecular complexity index is 512. The summed E-state index contributed by atoms with van der Waals surface area (Å²) in [5.74, 6) is 0.250. The molecule has 1 aromatic carbocycles. The Balaban J connectivity index is 2.48. The minimum absolute atomic E-state index is 0.250. The smallest absolute Gasteiger partial charge is 0.390 e. The van der Waals surface area contributed by atoms with E-state index in [0.717, 1.165) is 4.70 Å². The number of hydrogen-bond acceptors (Lipinski definition) is 4. The number of fused-ring (bicyclic) bond motifs is 1. The van der Waals surface area contributed by atoms with Crippen LogP contribution in [0.25, 0.3) is 10.1 Å². The topological polar surface area (TPSA) is 51.2 Å². The second-order valence-electron chi connectivity index (χ2n) is 2.74. The molecule has 0 aliphatic carbocycles. The number of hydrogen-bond donors (Lipinski definition) is 1. The summed E-state index contributed by atoms with van der Waals surface area (Å²) in [5, 5.41) is 3.55. The van der Waals surface area contributed by atoms with Gasteiger partial charge in [0.05, 0.1) is 15.1 Å². The highest BCUT2D eigenvalue weighted by molar-refractivity contribution is 7.13. The first-order valence-electron chi connectivity index (χ1n) is 4.16. The molecule has 2 aromatic rings. The largest absolute Gasteiger partial charge is 0.413 e. The maximum Gasteiger partial charge on any atom is 0.413 e. The Labute approximate surface area is 95.0 Å². The molecule has 1 heterocycles. The lowest BCUT2D eigenvalue weighted by Gasteiger charge is -2.00. The molecule has 0 unspecified atom stereocenters. The average Bonchev–Trinajstić information content (AvgIpc) is 2.63. The lowest BCUT2D eigenvalue weighted by molar-refractivity contribution is 0.202. The van der Waals surface area contributed by atoms with Gasteiger partial charge in [-0.1, -0.05) is 17.7 Å². The van der Waals surface area contributed by atoms with E-state index in [1.807, 2.05) is 12.1 Å². The minimum atomic E-state index is -0.554. The number of carbonyl (C=O) groups is 1. The van der Waals surface area contributed by atoms with Crippen LogP contribution in [0, 0.1) is 0 Å². The van der Waals surface area contributed by atoms with Gasteiger partial charge < -0.3 is 10.1 Å². The molecule has 0 aliphatic heterocycles. The summed E-state index contributed by atoms with van der Waals surface area (Å²) in [6, 6.07) is 5.43. The van der Waals surface area contributed by atoms with E-state index in [4.69, 9.17) is 16.3 Å². The van der Waals surface area contributed by atoms with Gasteiger partial charge in [-0.3, -0.25) is 0 Å². The fraction of sp³-hybridized carbons (Fsp3) is 0.111. The number of rotatable bonds is 1. The summed E-state index contributed by atoms with van der Waals surface area (Å²) in [4.78, 5) is 11.0. The van der Waals surface area contributed by atoms with Gasteiger partial charge in [0.25, 0.3) is 0 Å². The molecule has 1 aromatic heterocycles. The van der Waals surface area contributed by atoms with Gasteiger partial charge in [0.15, 0.2) is 0 Å². The number of halogens is 1. The fourth-order valence-corrected chi connectivity index (χ4v) is 2.18.